The van der Waals surface area contributed by atoms with Crippen LogP contribution >= 0.6 is 11.3 Å². The smallest absolute Gasteiger partial charge is 0.345 e. The van der Waals surface area contributed by atoms with Crippen molar-refractivity contribution in [1.29, 1.82) is 5.26 Å². The second-order valence-electron chi connectivity index (χ2n) is 2.01. The summed E-state index contributed by atoms with van der Waals surface area (Å²) in [4.78, 5) is 10.7. The van der Waals surface area contributed by atoms with Gasteiger partial charge in [-0.05, 0) is 23.1 Å². The quantitative estimate of drug-likeness (QED) is 0.706. The molecule has 12 heavy (non-hydrogen) atoms. The van der Waals surface area contributed by atoms with E-state index >= 15 is 0 Å². The van der Waals surface area contributed by atoms with E-state index in [-0.39, 0.29) is 4.88 Å². The zero-order valence-electron chi connectivity index (χ0n) is 6.02. The van der Waals surface area contributed by atoms with Gasteiger partial charge in [-0.3, -0.25) is 0 Å². The fourth-order valence-corrected chi connectivity index (χ4v) is 1.40. The van der Waals surface area contributed by atoms with Gasteiger partial charge < -0.3 is 5.11 Å². The van der Waals surface area contributed by atoms with Crippen molar-refractivity contribution in [3.63, 3.8) is 0 Å². The molecule has 0 aliphatic heterocycles. The molecule has 4 heteroatoms. The molecule has 0 aromatic carbocycles. The van der Waals surface area contributed by atoms with E-state index in [2.05, 4.69) is 0 Å². The van der Waals surface area contributed by atoms with Gasteiger partial charge in [-0.25, -0.2) is 4.79 Å². The van der Waals surface area contributed by atoms with Crippen LogP contribution in [-0.2, 0) is 0 Å². The summed E-state index contributed by atoms with van der Waals surface area (Å²) in [5, 5.41) is 18.4. The normalized spacial score (nSPS) is 9.92. The van der Waals surface area contributed by atoms with E-state index in [1.807, 2.05) is 6.07 Å². The predicted molar refractivity (Wildman–Crippen MR) is 45.9 cm³/mol. The number of hydrogen-bond donors (Lipinski definition) is 1. The van der Waals surface area contributed by atoms with E-state index in [4.69, 9.17) is 10.4 Å². The largest absolute Gasteiger partial charge is 0.477 e. The summed E-state index contributed by atoms with van der Waals surface area (Å²) in [6.45, 7) is 0. The molecule has 0 amide bonds. The first-order valence-corrected chi connectivity index (χ1v) is 4.00. The molecule has 1 N–H and O–H groups in total. The number of aromatic carboxylic acids is 1. The summed E-state index contributed by atoms with van der Waals surface area (Å²) in [7, 11) is 0. The molecular formula is C8H5NO2S. The lowest BCUT2D eigenvalue weighted by Crippen LogP contribution is -1.89. The van der Waals surface area contributed by atoms with Gasteiger partial charge in [-0.15, -0.1) is 11.3 Å². The number of rotatable bonds is 2. The van der Waals surface area contributed by atoms with Gasteiger partial charge in [0.05, 0.1) is 6.07 Å². The zero-order valence-corrected chi connectivity index (χ0v) is 6.84. The zero-order chi connectivity index (χ0) is 8.97. The molecule has 1 rings (SSSR count). The number of carbonyl (C=O) groups is 1. The third-order valence-electron chi connectivity index (χ3n) is 1.18. The lowest BCUT2D eigenvalue weighted by atomic mass is 10.3. The summed E-state index contributed by atoms with van der Waals surface area (Å²) in [5.41, 5.74) is 0.749. The minimum Gasteiger partial charge on any atom is -0.477 e. The number of carboxylic acids is 1. The van der Waals surface area contributed by atoms with Crippen LogP contribution in [-0.4, -0.2) is 11.1 Å². The first kappa shape index (κ1) is 8.50. The second kappa shape index (κ2) is 3.69. The fraction of sp³-hybridized carbons (Fsp3) is 0. The molecule has 60 valence electrons. The van der Waals surface area contributed by atoms with E-state index in [9.17, 15) is 4.79 Å². The molecule has 0 saturated carbocycles. The summed E-state index contributed by atoms with van der Waals surface area (Å²) < 4.78 is 0. The van der Waals surface area contributed by atoms with Crippen molar-refractivity contribution in [1.82, 2.24) is 0 Å². The summed E-state index contributed by atoms with van der Waals surface area (Å²) >= 11 is 1.15. The molecule has 0 saturated heterocycles. The minimum atomic E-state index is -0.934. The average Bonchev–Trinajstić information content (AvgIpc) is 2.48. The van der Waals surface area contributed by atoms with Crippen LogP contribution in [0.5, 0.6) is 0 Å². The summed E-state index contributed by atoms with van der Waals surface area (Å²) in [5.74, 6) is -0.934. The monoisotopic (exact) mass is 179 g/mol. The van der Waals surface area contributed by atoms with Crippen molar-refractivity contribution < 1.29 is 9.90 Å². The Hall–Kier alpha value is -1.60. The van der Waals surface area contributed by atoms with Crippen LogP contribution < -0.4 is 0 Å². The maximum Gasteiger partial charge on any atom is 0.345 e. The SMILES string of the molecule is N#CC=Cc1csc(C(=O)O)c1. The Balaban J connectivity index is 2.86. The van der Waals surface area contributed by atoms with Gasteiger partial charge in [0.2, 0.25) is 0 Å². The highest BCUT2D eigenvalue weighted by Gasteiger charge is 2.04. The number of nitrogens with zero attached hydrogens (tertiary/aromatic N) is 1. The molecule has 0 radical (unpaired) electrons. The van der Waals surface area contributed by atoms with E-state index < -0.39 is 5.97 Å². The molecule has 0 unspecified atom stereocenters. The highest BCUT2D eigenvalue weighted by Crippen LogP contribution is 2.15. The van der Waals surface area contributed by atoms with Gasteiger partial charge in [0.25, 0.3) is 0 Å². The molecule has 0 atom stereocenters. The molecular weight excluding hydrogens is 174 g/mol. The summed E-state index contributed by atoms with van der Waals surface area (Å²) in [6, 6.07) is 3.36. The van der Waals surface area contributed by atoms with E-state index in [0.29, 0.717) is 0 Å². The van der Waals surface area contributed by atoms with Crippen molar-refractivity contribution in [3.8, 4) is 6.07 Å². The molecule has 3 nitrogen and oxygen atoms in total. The van der Waals surface area contributed by atoms with E-state index in [1.54, 1.807) is 11.5 Å². The number of carboxylic acid groups (broad SMARTS) is 1. The molecule has 0 bridgehead atoms. The average molecular weight is 179 g/mol. The van der Waals surface area contributed by atoms with Gasteiger partial charge >= 0.3 is 5.97 Å². The van der Waals surface area contributed by atoms with Crippen molar-refractivity contribution in [2.75, 3.05) is 0 Å². The lowest BCUT2D eigenvalue weighted by Gasteiger charge is -1.80. The molecule has 0 fully saturated rings. The molecule has 1 aromatic heterocycles. The second-order valence-corrected chi connectivity index (χ2v) is 2.92. The molecule has 0 aliphatic rings. The molecule has 0 aliphatic carbocycles. The van der Waals surface area contributed by atoms with Crippen molar-refractivity contribution in [2.45, 2.75) is 0 Å². The van der Waals surface area contributed by atoms with Crippen molar-refractivity contribution in [2.24, 2.45) is 0 Å². The first-order chi connectivity index (χ1) is 5.74. The molecule has 0 spiro atoms. The minimum absolute atomic E-state index is 0.285. The Morgan fingerprint density at radius 1 is 1.75 bits per heavy atom. The Kier molecular flexibility index (Phi) is 2.62. The predicted octanol–water partition coefficient (Wildman–Crippen LogP) is 1.98. The number of allylic oxidation sites excluding steroid dienone is 1. The maximum absolute atomic E-state index is 10.4. The Morgan fingerprint density at radius 3 is 3.00 bits per heavy atom. The Bertz CT molecular complexity index is 359. The van der Waals surface area contributed by atoms with Crippen LogP contribution in [0, 0.1) is 11.3 Å². The fourth-order valence-electron chi connectivity index (χ4n) is 0.684. The van der Waals surface area contributed by atoms with Gasteiger partial charge in [-0.1, -0.05) is 0 Å². The van der Waals surface area contributed by atoms with Gasteiger partial charge in [0.1, 0.15) is 4.88 Å². The Morgan fingerprint density at radius 2 is 2.50 bits per heavy atom. The van der Waals surface area contributed by atoms with Gasteiger partial charge in [0.15, 0.2) is 0 Å². The van der Waals surface area contributed by atoms with Crippen LogP contribution in [0.15, 0.2) is 17.5 Å². The van der Waals surface area contributed by atoms with Gasteiger partial charge in [0, 0.05) is 6.08 Å². The van der Waals surface area contributed by atoms with E-state index in [0.717, 1.165) is 16.9 Å². The number of nitriles is 1. The summed E-state index contributed by atoms with van der Waals surface area (Å²) in [6.07, 6.45) is 2.89. The van der Waals surface area contributed by atoms with Crippen molar-refractivity contribution >= 4 is 23.4 Å². The Labute approximate surface area is 73.2 Å². The van der Waals surface area contributed by atoms with Crippen LogP contribution in [0.2, 0.25) is 0 Å². The van der Waals surface area contributed by atoms with Crippen LogP contribution in [0.25, 0.3) is 6.08 Å². The topological polar surface area (TPSA) is 61.1 Å². The van der Waals surface area contributed by atoms with E-state index in [1.165, 1.54) is 12.1 Å². The highest BCUT2D eigenvalue weighted by atomic mass is 32.1. The molecule has 1 heterocycles. The maximum atomic E-state index is 10.4. The van der Waals surface area contributed by atoms with Crippen molar-refractivity contribution in [3.05, 3.63) is 28.0 Å². The third-order valence-corrected chi connectivity index (χ3v) is 2.12. The number of thiophene rings is 1. The third kappa shape index (κ3) is 1.94. The first-order valence-electron chi connectivity index (χ1n) is 3.12. The van der Waals surface area contributed by atoms with Crippen LogP contribution in [0.4, 0.5) is 0 Å². The lowest BCUT2D eigenvalue weighted by molar-refractivity contribution is 0.0702. The van der Waals surface area contributed by atoms with Crippen LogP contribution in [0.3, 0.4) is 0 Å². The number of hydrogen-bond acceptors (Lipinski definition) is 3. The van der Waals surface area contributed by atoms with Crippen LogP contribution in [0.1, 0.15) is 15.2 Å². The molecule has 1 aromatic rings. The highest BCUT2D eigenvalue weighted by molar-refractivity contribution is 7.12. The standard InChI is InChI=1S/C8H5NO2S/c9-3-1-2-6-4-7(8(10)11)12-5-6/h1-2,4-5H,(H,10,11). The van der Waals surface area contributed by atoms with Gasteiger partial charge in [-0.2, -0.15) is 5.26 Å².